The molecular formula is C21H25ClN2O2. The van der Waals surface area contributed by atoms with E-state index in [-0.39, 0.29) is 29.2 Å². The summed E-state index contributed by atoms with van der Waals surface area (Å²) in [5.41, 5.74) is 4.34. The number of hydrogen-bond acceptors (Lipinski definition) is 4. The van der Waals surface area contributed by atoms with Crippen molar-refractivity contribution < 1.29 is 9.53 Å². The van der Waals surface area contributed by atoms with Crippen molar-refractivity contribution in [3.63, 3.8) is 0 Å². The molecule has 1 fully saturated rings. The molecule has 0 aromatic heterocycles. The van der Waals surface area contributed by atoms with Crippen LogP contribution in [-0.4, -0.2) is 37.1 Å². The number of halogens is 1. The Hall–Kier alpha value is -1.78. The highest BCUT2D eigenvalue weighted by Gasteiger charge is 2.65. The summed E-state index contributed by atoms with van der Waals surface area (Å²) in [7, 11) is 1.49. The molecule has 0 amide bonds. The van der Waals surface area contributed by atoms with Gasteiger partial charge in [-0.05, 0) is 30.9 Å². The first-order valence-corrected chi connectivity index (χ1v) is 9.26. The monoisotopic (exact) mass is 372 g/mol. The second-order valence-corrected chi connectivity index (χ2v) is 7.80. The van der Waals surface area contributed by atoms with Gasteiger partial charge in [0.05, 0.1) is 18.1 Å². The number of methoxy groups -OCH3 is 1. The fraction of sp³-hybridized carbons (Fsp3) is 0.476. The summed E-state index contributed by atoms with van der Waals surface area (Å²) in [4.78, 5) is 15.3. The van der Waals surface area contributed by atoms with E-state index in [9.17, 15) is 4.79 Å². The Labute approximate surface area is 160 Å². The van der Waals surface area contributed by atoms with E-state index >= 15 is 0 Å². The van der Waals surface area contributed by atoms with Crippen LogP contribution in [-0.2, 0) is 14.9 Å². The highest BCUT2D eigenvalue weighted by Crippen LogP contribution is 2.64. The standard InChI is InChI=1S/C21H24N2O2.ClH/c1-3-20-9-6-11-23-12-10-21(19(20)23)15-7-4-5-8-16(15)22-17(21)14(13-20)18(24)25-2;/h4-9,19,22H,3,10-13H2,1-2H3;1H/t19?,20-,21-;/m0./s1. The third-order valence-electron chi connectivity index (χ3n) is 6.97. The van der Waals surface area contributed by atoms with Crippen LogP contribution >= 0.6 is 12.4 Å². The van der Waals surface area contributed by atoms with Crippen molar-refractivity contribution in [2.24, 2.45) is 5.41 Å². The van der Waals surface area contributed by atoms with Crippen molar-refractivity contribution in [2.75, 3.05) is 25.5 Å². The van der Waals surface area contributed by atoms with Gasteiger partial charge in [-0.3, -0.25) is 4.90 Å². The Morgan fingerprint density at radius 1 is 1.38 bits per heavy atom. The molecule has 3 atom stereocenters. The van der Waals surface area contributed by atoms with Gasteiger partial charge in [0, 0.05) is 35.9 Å². The SMILES string of the molecule is CC[C@]12C=CCN3CC[C@]4(C(=C(C(=O)OC)C1)Nc1ccccc14)C32.Cl. The van der Waals surface area contributed by atoms with E-state index in [1.807, 2.05) is 0 Å². The maximum atomic E-state index is 12.7. The second-order valence-electron chi connectivity index (χ2n) is 7.80. The number of carbonyl (C=O) groups is 1. The van der Waals surface area contributed by atoms with Gasteiger partial charge in [-0.25, -0.2) is 4.79 Å². The molecule has 1 aliphatic carbocycles. The molecule has 0 saturated carbocycles. The minimum atomic E-state index is -0.182. The van der Waals surface area contributed by atoms with Gasteiger partial charge in [0.25, 0.3) is 0 Å². The second kappa shape index (κ2) is 5.86. The first-order valence-electron chi connectivity index (χ1n) is 9.26. The topological polar surface area (TPSA) is 41.6 Å². The zero-order valence-electron chi connectivity index (χ0n) is 15.2. The molecule has 26 heavy (non-hydrogen) atoms. The number of anilines is 1. The average Bonchev–Trinajstić information content (AvgIpc) is 3.21. The highest BCUT2D eigenvalue weighted by atomic mass is 35.5. The molecule has 4 nitrogen and oxygen atoms in total. The van der Waals surface area contributed by atoms with Crippen LogP contribution in [0.15, 0.2) is 47.7 Å². The lowest BCUT2D eigenvalue weighted by molar-refractivity contribution is -0.137. The molecule has 0 radical (unpaired) electrons. The molecule has 0 bridgehead atoms. The van der Waals surface area contributed by atoms with Crippen LogP contribution in [0.5, 0.6) is 0 Å². The zero-order valence-corrected chi connectivity index (χ0v) is 16.1. The lowest BCUT2D eigenvalue weighted by Gasteiger charge is -2.53. The Bertz CT molecular complexity index is 833. The Kier molecular flexibility index (Phi) is 3.97. The van der Waals surface area contributed by atoms with Gasteiger partial charge in [-0.2, -0.15) is 0 Å². The number of esters is 1. The Balaban J connectivity index is 0.00000168. The molecule has 1 N–H and O–H groups in total. The molecule has 1 unspecified atom stereocenters. The van der Waals surface area contributed by atoms with Gasteiger partial charge in [0.15, 0.2) is 0 Å². The third kappa shape index (κ3) is 1.92. The average molecular weight is 373 g/mol. The van der Waals surface area contributed by atoms with Crippen molar-refractivity contribution in [1.29, 1.82) is 0 Å². The lowest BCUT2D eigenvalue weighted by atomic mass is 9.55. The minimum absolute atomic E-state index is 0. The van der Waals surface area contributed by atoms with E-state index < -0.39 is 0 Å². The molecular weight excluding hydrogens is 348 g/mol. The van der Waals surface area contributed by atoms with E-state index in [0.29, 0.717) is 6.04 Å². The van der Waals surface area contributed by atoms with Gasteiger partial charge >= 0.3 is 5.97 Å². The molecule has 3 aliphatic heterocycles. The summed E-state index contributed by atoms with van der Waals surface area (Å²) >= 11 is 0. The molecule has 5 rings (SSSR count). The number of fused-ring (bicyclic) bond motifs is 1. The van der Waals surface area contributed by atoms with Crippen molar-refractivity contribution >= 4 is 24.1 Å². The van der Waals surface area contributed by atoms with Crippen molar-refractivity contribution in [1.82, 2.24) is 4.90 Å². The number of benzene rings is 1. The van der Waals surface area contributed by atoms with E-state index in [1.54, 1.807) is 0 Å². The summed E-state index contributed by atoms with van der Waals surface area (Å²) in [6.45, 7) is 4.34. The molecule has 1 aromatic carbocycles. The smallest absolute Gasteiger partial charge is 0.335 e. The molecule has 1 spiro atoms. The highest BCUT2D eigenvalue weighted by molar-refractivity contribution is 5.93. The first-order chi connectivity index (χ1) is 12.2. The largest absolute Gasteiger partial charge is 0.466 e. The van der Waals surface area contributed by atoms with Gasteiger partial charge < -0.3 is 10.1 Å². The fourth-order valence-electron chi connectivity index (χ4n) is 6.02. The normalized spacial score (nSPS) is 33.7. The number of ether oxygens (including phenoxy) is 1. The molecule has 3 heterocycles. The minimum Gasteiger partial charge on any atom is -0.466 e. The summed E-state index contributed by atoms with van der Waals surface area (Å²) in [6, 6.07) is 8.99. The number of nitrogens with zero attached hydrogens (tertiary/aromatic N) is 1. The van der Waals surface area contributed by atoms with E-state index in [0.717, 1.165) is 49.3 Å². The van der Waals surface area contributed by atoms with E-state index in [1.165, 1.54) is 12.7 Å². The zero-order chi connectivity index (χ0) is 17.2. The van der Waals surface area contributed by atoms with Crippen LogP contribution < -0.4 is 5.32 Å². The Morgan fingerprint density at radius 3 is 2.96 bits per heavy atom. The fourth-order valence-corrected chi connectivity index (χ4v) is 6.02. The van der Waals surface area contributed by atoms with Crippen molar-refractivity contribution in [3.8, 4) is 0 Å². The predicted molar refractivity (Wildman–Crippen MR) is 104 cm³/mol. The van der Waals surface area contributed by atoms with Crippen LogP contribution in [0.25, 0.3) is 0 Å². The van der Waals surface area contributed by atoms with Crippen LogP contribution in [0.4, 0.5) is 5.69 Å². The Morgan fingerprint density at radius 2 is 2.19 bits per heavy atom. The molecule has 4 aliphatic rings. The quantitative estimate of drug-likeness (QED) is 0.635. The van der Waals surface area contributed by atoms with Crippen LogP contribution in [0, 0.1) is 5.41 Å². The van der Waals surface area contributed by atoms with E-state index in [2.05, 4.69) is 53.6 Å². The van der Waals surface area contributed by atoms with Gasteiger partial charge in [-0.15, -0.1) is 12.4 Å². The predicted octanol–water partition coefficient (Wildman–Crippen LogP) is 3.64. The first kappa shape index (κ1) is 17.6. The van der Waals surface area contributed by atoms with Crippen LogP contribution in [0.3, 0.4) is 0 Å². The van der Waals surface area contributed by atoms with Gasteiger partial charge in [0.1, 0.15) is 0 Å². The van der Waals surface area contributed by atoms with Gasteiger partial charge in [-0.1, -0.05) is 37.3 Å². The van der Waals surface area contributed by atoms with Crippen LogP contribution in [0.1, 0.15) is 31.7 Å². The lowest BCUT2D eigenvalue weighted by Crippen LogP contribution is -2.58. The molecule has 1 saturated heterocycles. The number of nitrogens with one attached hydrogen (secondary N) is 1. The number of carbonyl (C=O) groups excluding carboxylic acids is 1. The van der Waals surface area contributed by atoms with Crippen LogP contribution in [0.2, 0.25) is 0 Å². The number of para-hydroxylation sites is 1. The van der Waals surface area contributed by atoms with E-state index in [4.69, 9.17) is 4.74 Å². The summed E-state index contributed by atoms with van der Waals surface area (Å²) in [5.74, 6) is -0.182. The van der Waals surface area contributed by atoms with Crippen molar-refractivity contribution in [3.05, 3.63) is 53.3 Å². The number of rotatable bonds is 2. The van der Waals surface area contributed by atoms with Crippen molar-refractivity contribution in [2.45, 2.75) is 37.6 Å². The maximum Gasteiger partial charge on any atom is 0.335 e. The maximum absolute atomic E-state index is 12.7. The van der Waals surface area contributed by atoms with Gasteiger partial charge in [0.2, 0.25) is 0 Å². The molecule has 1 aromatic rings. The summed E-state index contributed by atoms with van der Waals surface area (Å²) in [6.07, 6.45) is 7.53. The summed E-state index contributed by atoms with van der Waals surface area (Å²) in [5, 5.41) is 3.62. The summed E-state index contributed by atoms with van der Waals surface area (Å²) < 4.78 is 5.19. The molecule has 138 valence electrons. The molecule has 5 heteroatoms. The number of hydrogen-bond donors (Lipinski definition) is 1. The third-order valence-corrected chi connectivity index (χ3v) is 6.97.